The number of nitrogens with one attached hydrogen (secondary N) is 1. The fraction of sp³-hybridized carbons (Fsp3) is 0.389. The number of anilines is 2. The van der Waals surface area contributed by atoms with Crippen molar-refractivity contribution < 1.29 is 9.32 Å². The lowest BCUT2D eigenvalue weighted by molar-refractivity contribution is -0.120. The molecule has 0 bridgehead atoms. The molecule has 4 heterocycles. The molecule has 0 spiro atoms. The van der Waals surface area contributed by atoms with E-state index in [1.807, 2.05) is 26.0 Å². The molecule has 140 valence electrons. The highest BCUT2D eigenvalue weighted by Gasteiger charge is 2.27. The number of hydrogen-bond donors (Lipinski definition) is 1. The summed E-state index contributed by atoms with van der Waals surface area (Å²) in [5, 5.41) is 11.0. The summed E-state index contributed by atoms with van der Waals surface area (Å²) in [6.45, 7) is 5.39. The van der Waals surface area contributed by atoms with Crippen LogP contribution in [0.15, 0.2) is 35.3 Å². The molecular weight excluding hydrogens is 346 g/mol. The van der Waals surface area contributed by atoms with Gasteiger partial charge in [0.05, 0.1) is 11.6 Å². The minimum Gasteiger partial charge on any atom is -0.363 e. The number of carbonyl (C=O) groups is 1. The van der Waals surface area contributed by atoms with E-state index in [0.29, 0.717) is 12.4 Å². The minimum atomic E-state index is -0.137. The van der Waals surface area contributed by atoms with Crippen LogP contribution in [0.3, 0.4) is 0 Å². The molecule has 1 atom stereocenters. The van der Waals surface area contributed by atoms with E-state index in [1.54, 1.807) is 17.1 Å². The van der Waals surface area contributed by atoms with Crippen molar-refractivity contribution in [3.05, 3.63) is 42.2 Å². The van der Waals surface area contributed by atoms with Gasteiger partial charge in [0.2, 0.25) is 5.91 Å². The molecule has 1 N–H and O–H groups in total. The van der Waals surface area contributed by atoms with Crippen LogP contribution in [0.25, 0.3) is 5.82 Å². The van der Waals surface area contributed by atoms with Gasteiger partial charge in [-0.15, -0.1) is 0 Å². The van der Waals surface area contributed by atoms with Gasteiger partial charge in [-0.25, -0.2) is 14.6 Å². The van der Waals surface area contributed by atoms with Gasteiger partial charge in [0.1, 0.15) is 18.4 Å². The molecule has 9 heteroatoms. The van der Waals surface area contributed by atoms with E-state index in [-0.39, 0.29) is 11.8 Å². The van der Waals surface area contributed by atoms with Crippen LogP contribution in [-0.4, -0.2) is 43.9 Å². The third-order valence-electron chi connectivity index (χ3n) is 4.67. The maximum atomic E-state index is 12.5. The second-order valence-electron chi connectivity index (χ2n) is 6.73. The van der Waals surface area contributed by atoms with Crippen LogP contribution < -0.4 is 10.2 Å². The SMILES string of the molecule is Cc1cc(C)n(-c2cc(N3CCCC(C(=O)Nc4ccon4)C3)ncn2)n1. The standard InChI is InChI=1S/C18H21N7O2/c1-12-8-13(2)25(22-12)17-9-16(19-11-20-17)24-6-3-4-14(10-24)18(26)21-15-5-7-27-23-15/h5,7-9,11,14H,3-4,6,10H2,1-2H3,(H,21,23,26). The summed E-state index contributed by atoms with van der Waals surface area (Å²) < 4.78 is 6.56. The van der Waals surface area contributed by atoms with E-state index < -0.39 is 0 Å². The van der Waals surface area contributed by atoms with Crippen LogP contribution in [0.2, 0.25) is 0 Å². The van der Waals surface area contributed by atoms with Crippen molar-refractivity contribution in [1.29, 1.82) is 0 Å². The zero-order valence-corrected chi connectivity index (χ0v) is 15.3. The molecule has 0 aliphatic carbocycles. The minimum absolute atomic E-state index is 0.0542. The fourth-order valence-corrected chi connectivity index (χ4v) is 3.39. The predicted octanol–water partition coefficient (Wildman–Crippen LogP) is 2.12. The Hall–Kier alpha value is -3.23. The normalized spacial score (nSPS) is 17.1. The Labute approximate surface area is 156 Å². The third kappa shape index (κ3) is 3.67. The number of carbonyl (C=O) groups excluding carboxylic acids is 1. The zero-order valence-electron chi connectivity index (χ0n) is 15.3. The van der Waals surface area contributed by atoms with Crippen LogP contribution in [0.1, 0.15) is 24.2 Å². The molecule has 3 aromatic rings. The second-order valence-corrected chi connectivity index (χ2v) is 6.73. The summed E-state index contributed by atoms with van der Waals surface area (Å²) in [6, 6.07) is 5.55. The molecule has 3 aromatic heterocycles. The average molecular weight is 367 g/mol. The van der Waals surface area contributed by atoms with Crippen molar-refractivity contribution in [3.63, 3.8) is 0 Å². The smallest absolute Gasteiger partial charge is 0.230 e. The lowest BCUT2D eigenvalue weighted by Gasteiger charge is -2.32. The molecule has 1 aliphatic heterocycles. The van der Waals surface area contributed by atoms with Gasteiger partial charge in [0.15, 0.2) is 11.6 Å². The number of hydrogen-bond acceptors (Lipinski definition) is 7. The van der Waals surface area contributed by atoms with E-state index in [0.717, 1.165) is 42.4 Å². The van der Waals surface area contributed by atoms with Crippen LogP contribution in [0.5, 0.6) is 0 Å². The number of aryl methyl sites for hydroxylation is 2. The monoisotopic (exact) mass is 367 g/mol. The van der Waals surface area contributed by atoms with Crippen molar-refractivity contribution in [2.75, 3.05) is 23.3 Å². The Kier molecular flexibility index (Phi) is 4.57. The first kappa shape index (κ1) is 17.2. The number of amides is 1. The number of rotatable bonds is 4. The summed E-state index contributed by atoms with van der Waals surface area (Å²) in [5.74, 6) is 1.77. The van der Waals surface area contributed by atoms with Gasteiger partial charge in [-0.2, -0.15) is 5.10 Å². The van der Waals surface area contributed by atoms with Crippen molar-refractivity contribution in [2.45, 2.75) is 26.7 Å². The third-order valence-corrected chi connectivity index (χ3v) is 4.67. The topological polar surface area (TPSA) is 102 Å². The van der Waals surface area contributed by atoms with Gasteiger partial charge < -0.3 is 14.7 Å². The molecule has 1 aliphatic rings. The van der Waals surface area contributed by atoms with Gasteiger partial charge >= 0.3 is 0 Å². The van der Waals surface area contributed by atoms with Crippen LogP contribution in [0.4, 0.5) is 11.6 Å². The van der Waals surface area contributed by atoms with Crippen molar-refractivity contribution in [3.8, 4) is 5.82 Å². The Bertz CT molecular complexity index is 935. The van der Waals surface area contributed by atoms with Crippen LogP contribution in [-0.2, 0) is 4.79 Å². The average Bonchev–Trinajstić information content (AvgIpc) is 3.31. The summed E-state index contributed by atoms with van der Waals surface area (Å²) in [6.07, 6.45) is 4.72. The molecule has 1 saturated heterocycles. The van der Waals surface area contributed by atoms with E-state index in [9.17, 15) is 4.79 Å². The summed E-state index contributed by atoms with van der Waals surface area (Å²) >= 11 is 0. The number of piperidine rings is 1. The van der Waals surface area contributed by atoms with Crippen molar-refractivity contribution >= 4 is 17.5 Å². The van der Waals surface area contributed by atoms with E-state index in [1.165, 1.54) is 6.26 Å². The first-order valence-electron chi connectivity index (χ1n) is 8.92. The largest absolute Gasteiger partial charge is 0.363 e. The van der Waals surface area contributed by atoms with Crippen LogP contribution >= 0.6 is 0 Å². The fourth-order valence-electron chi connectivity index (χ4n) is 3.39. The van der Waals surface area contributed by atoms with Gasteiger partial charge in [0, 0.05) is 30.9 Å². The molecule has 0 saturated carbocycles. The molecule has 1 unspecified atom stereocenters. The Balaban J connectivity index is 1.50. The summed E-state index contributed by atoms with van der Waals surface area (Å²) in [5.41, 5.74) is 1.95. The highest BCUT2D eigenvalue weighted by Crippen LogP contribution is 2.24. The van der Waals surface area contributed by atoms with Crippen molar-refractivity contribution in [2.24, 2.45) is 5.92 Å². The lowest BCUT2D eigenvalue weighted by atomic mass is 9.97. The van der Waals surface area contributed by atoms with E-state index in [2.05, 4.69) is 30.4 Å². The van der Waals surface area contributed by atoms with E-state index >= 15 is 0 Å². The van der Waals surface area contributed by atoms with Gasteiger partial charge in [-0.3, -0.25) is 4.79 Å². The van der Waals surface area contributed by atoms with Crippen LogP contribution in [0, 0.1) is 19.8 Å². The molecule has 1 fully saturated rings. The lowest BCUT2D eigenvalue weighted by Crippen LogP contribution is -2.41. The van der Waals surface area contributed by atoms with Crippen molar-refractivity contribution in [1.82, 2.24) is 24.9 Å². The van der Waals surface area contributed by atoms with E-state index in [4.69, 9.17) is 4.52 Å². The molecular formula is C18H21N7O2. The highest BCUT2D eigenvalue weighted by molar-refractivity contribution is 5.92. The molecule has 1 amide bonds. The van der Waals surface area contributed by atoms with Gasteiger partial charge in [0.25, 0.3) is 0 Å². The molecule has 0 radical (unpaired) electrons. The molecule has 27 heavy (non-hydrogen) atoms. The van der Waals surface area contributed by atoms with Gasteiger partial charge in [-0.1, -0.05) is 5.16 Å². The summed E-state index contributed by atoms with van der Waals surface area (Å²) in [7, 11) is 0. The predicted molar refractivity (Wildman–Crippen MR) is 98.7 cm³/mol. The Morgan fingerprint density at radius 3 is 2.85 bits per heavy atom. The Morgan fingerprint density at radius 2 is 2.11 bits per heavy atom. The number of nitrogens with zero attached hydrogens (tertiary/aromatic N) is 6. The van der Waals surface area contributed by atoms with Gasteiger partial charge in [-0.05, 0) is 32.8 Å². The highest BCUT2D eigenvalue weighted by atomic mass is 16.5. The quantitative estimate of drug-likeness (QED) is 0.753. The second kappa shape index (κ2) is 7.18. The molecule has 0 aromatic carbocycles. The maximum Gasteiger partial charge on any atom is 0.230 e. The number of aromatic nitrogens is 5. The maximum absolute atomic E-state index is 12.5. The first-order valence-corrected chi connectivity index (χ1v) is 8.92. The molecule has 4 rings (SSSR count). The Morgan fingerprint density at radius 1 is 1.26 bits per heavy atom. The molecule has 9 nitrogen and oxygen atoms in total. The summed E-state index contributed by atoms with van der Waals surface area (Å²) in [4.78, 5) is 23.4. The first-order chi connectivity index (χ1) is 13.1. The zero-order chi connectivity index (χ0) is 18.8.